The first-order valence-electron chi connectivity index (χ1n) is 11.4. The number of ether oxygens (including phenoxy) is 1. The maximum absolute atomic E-state index is 13.1. The van der Waals surface area contributed by atoms with Crippen LogP contribution in [0.2, 0.25) is 0 Å². The molecule has 2 atom stereocenters. The Morgan fingerprint density at radius 2 is 1.86 bits per heavy atom. The molecule has 1 N–H and O–H groups in total. The first kappa shape index (κ1) is 26.0. The number of likely N-dealkylation sites (N-methyl/N-ethyl adjacent to an activating group) is 2. The van der Waals surface area contributed by atoms with Crippen LogP contribution in [0.3, 0.4) is 0 Å². The van der Waals surface area contributed by atoms with Crippen molar-refractivity contribution >= 4 is 17.7 Å². The van der Waals surface area contributed by atoms with E-state index in [1.165, 1.54) is 40.6 Å². The van der Waals surface area contributed by atoms with Crippen molar-refractivity contribution < 1.29 is 23.5 Å². The molecule has 0 fully saturated rings. The van der Waals surface area contributed by atoms with Gasteiger partial charge in [0.15, 0.2) is 0 Å². The van der Waals surface area contributed by atoms with Crippen LogP contribution in [-0.2, 0) is 27.4 Å². The third kappa shape index (κ3) is 5.91. The highest BCUT2D eigenvalue weighted by Crippen LogP contribution is 2.29. The molecule has 10 nitrogen and oxygen atoms in total. The van der Waals surface area contributed by atoms with E-state index >= 15 is 0 Å². The van der Waals surface area contributed by atoms with Crippen LogP contribution in [-0.4, -0.2) is 70.9 Å². The molecule has 0 bridgehead atoms. The molecule has 0 aliphatic carbocycles. The quantitative estimate of drug-likeness (QED) is 0.611. The Morgan fingerprint density at radius 3 is 2.46 bits per heavy atom. The summed E-state index contributed by atoms with van der Waals surface area (Å²) in [7, 11) is 4.52. The minimum atomic E-state index is -0.717. The summed E-state index contributed by atoms with van der Waals surface area (Å²) in [6.45, 7) is 2.27. The predicted molar refractivity (Wildman–Crippen MR) is 125 cm³/mol. The lowest BCUT2D eigenvalue weighted by Gasteiger charge is -2.30. The van der Waals surface area contributed by atoms with Crippen LogP contribution < -0.4 is 10.9 Å². The second-order valence-electron chi connectivity index (χ2n) is 8.50. The van der Waals surface area contributed by atoms with Gasteiger partial charge in [0, 0.05) is 40.4 Å². The maximum atomic E-state index is 13.1. The zero-order chi connectivity index (χ0) is 25.7. The Balaban J connectivity index is 1.97. The number of nitrogens with one attached hydrogen (secondary N) is 1. The number of methoxy groups -OCH3 is 1. The van der Waals surface area contributed by atoms with Crippen molar-refractivity contribution in [3.8, 4) is 0 Å². The van der Waals surface area contributed by atoms with Crippen molar-refractivity contribution in [2.24, 2.45) is 0 Å². The Bertz CT molecular complexity index is 1150. The number of benzene rings is 1. The first-order valence-corrected chi connectivity index (χ1v) is 11.4. The normalized spacial score (nSPS) is 17.2. The predicted octanol–water partition coefficient (Wildman–Crippen LogP) is 1.10. The number of hydrogen-bond acceptors (Lipinski definition) is 6. The molecule has 2 aromatic rings. The van der Waals surface area contributed by atoms with Crippen molar-refractivity contribution in [1.29, 1.82) is 0 Å². The van der Waals surface area contributed by atoms with E-state index in [2.05, 4.69) is 10.3 Å². The third-order valence-corrected chi connectivity index (χ3v) is 5.98. The van der Waals surface area contributed by atoms with Crippen LogP contribution >= 0.6 is 0 Å². The Morgan fingerprint density at radius 1 is 1.17 bits per heavy atom. The topological polar surface area (TPSA) is 114 Å². The Kier molecular flexibility index (Phi) is 8.34. The number of amides is 3. The SMILES string of the molecule is CCN(C(=O)C(=O)N(C)C)[C@@H]1CC[C@H](OC)Cn2c1nc(C(=O)NCc1ccc(F)cc1)cc2=O. The van der Waals surface area contributed by atoms with E-state index in [9.17, 15) is 23.6 Å². The van der Waals surface area contributed by atoms with Gasteiger partial charge in [-0.05, 0) is 37.5 Å². The van der Waals surface area contributed by atoms with Gasteiger partial charge in [-0.1, -0.05) is 12.1 Å². The number of aromatic nitrogens is 2. The Hall–Kier alpha value is -3.60. The van der Waals surface area contributed by atoms with Gasteiger partial charge in [0.05, 0.1) is 18.7 Å². The van der Waals surface area contributed by atoms with Crippen LogP contribution in [0.1, 0.15) is 47.7 Å². The molecule has 3 rings (SSSR count). The van der Waals surface area contributed by atoms with Crippen LogP contribution in [0.25, 0.3) is 0 Å². The number of fused-ring (bicyclic) bond motifs is 1. The van der Waals surface area contributed by atoms with Crippen molar-refractivity contribution in [2.75, 3.05) is 27.7 Å². The van der Waals surface area contributed by atoms with E-state index in [1.54, 1.807) is 26.2 Å². The van der Waals surface area contributed by atoms with Crippen molar-refractivity contribution in [1.82, 2.24) is 24.7 Å². The summed E-state index contributed by atoms with van der Waals surface area (Å²) in [5.41, 5.74) is 0.113. The van der Waals surface area contributed by atoms with Gasteiger partial charge in [0.1, 0.15) is 17.3 Å². The summed E-state index contributed by atoms with van der Waals surface area (Å²) < 4.78 is 20.0. The summed E-state index contributed by atoms with van der Waals surface area (Å²) in [5.74, 6) is -2.15. The zero-order valence-corrected chi connectivity index (χ0v) is 20.3. The summed E-state index contributed by atoms with van der Waals surface area (Å²) in [5, 5.41) is 2.68. The zero-order valence-electron chi connectivity index (χ0n) is 20.3. The number of carbonyl (C=O) groups excluding carboxylic acids is 3. The molecule has 0 saturated carbocycles. The van der Waals surface area contributed by atoms with Gasteiger partial charge in [-0.3, -0.25) is 23.7 Å². The molecule has 1 aliphatic heterocycles. The summed E-state index contributed by atoms with van der Waals surface area (Å²) >= 11 is 0. The van der Waals surface area contributed by atoms with E-state index in [4.69, 9.17) is 4.74 Å². The standard InChI is InChI=1S/C24H30FN5O5/c1-5-29(24(34)23(33)28(2)3)19-11-10-17(35-4)14-30-20(31)12-18(27-21(19)30)22(32)26-13-15-6-8-16(25)9-7-15/h6-9,12,17,19H,5,10-11,13-14H2,1-4H3,(H,26,32)/t17-,19+/m0/s1. The van der Waals surface area contributed by atoms with Gasteiger partial charge in [-0.15, -0.1) is 0 Å². The largest absolute Gasteiger partial charge is 0.380 e. The Labute approximate surface area is 202 Å². The van der Waals surface area contributed by atoms with Crippen molar-refractivity contribution in [3.05, 3.63) is 63.6 Å². The fraction of sp³-hybridized carbons (Fsp3) is 0.458. The van der Waals surface area contributed by atoms with E-state index in [1.807, 2.05) is 0 Å². The maximum Gasteiger partial charge on any atom is 0.312 e. The highest BCUT2D eigenvalue weighted by Gasteiger charge is 2.35. The second-order valence-corrected chi connectivity index (χ2v) is 8.50. The lowest BCUT2D eigenvalue weighted by atomic mass is 10.1. The monoisotopic (exact) mass is 487 g/mol. The van der Waals surface area contributed by atoms with Gasteiger partial charge in [-0.25, -0.2) is 9.37 Å². The number of rotatable bonds is 6. The van der Waals surface area contributed by atoms with E-state index in [-0.39, 0.29) is 43.1 Å². The number of nitrogens with zero attached hydrogens (tertiary/aromatic N) is 4. The van der Waals surface area contributed by atoms with Gasteiger partial charge < -0.3 is 19.9 Å². The lowest BCUT2D eigenvalue weighted by Crippen LogP contribution is -2.45. The summed E-state index contributed by atoms with van der Waals surface area (Å²) in [6.07, 6.45) is 0.622. The number of hydrogen-bond donors (Lipinski definition) is 1. The molecule has 0 unspecified atom stereocenters. The van der Waals surface area contributed by atoms with Crippen molar-refractivity contribution in [2.45, 2.75) is 45.0 Å². The molecule has 3 amide bonds. The molecular weight excluding hydrogens is 457 g/mol. The van der Waals surface area contributed by atoms with Crippen molar-refractivity contribution in [3.63, 3.8) is 0 Å². The fourth-order valence-corrected chi connectivity index (χ4v) is 4.03. The molecule has 1 aromatic heterocycles. The molecule has 0 saturated heterocycles. The smallest absolute Gasteiger partial charge is 0.312 e. The van der Waals surface area contributed by atoms with E-state index in [0.29, 0.717) is 18.4 Å². The number of carbonyl (C=O) groups is 3. The second kappa shape index (κ2) is 11.2. The lowest BCUT2D eigenvalue weighted by molar-refractivity contribution is -0.152. The molecule has 0 spiro atoms. The average molecular weight is 488 g/mol. The highest BCUT2D eigenvalue weighted by atomic mass is 19.1. The fourth-order valence-electron chi connectivity index (χ4n) is 4.03. The summed E-state index contributed by atoms with van der Waals surface area (Å²) in [4.78, 5) is 58.3. The molecule has 35 heavy (non-hydrogen) atoms. The third-order valence-electron chi connectivity index (χ3n) is 5.98. The molecule has 11 heteroatoms. The summed E-state index contributed by atoms with van der Waals surface area (Å²) in [6, 6.07) is 6.11. The molecule has 1 aromatic carbocycles. The van der Waals surface area contributed by atoms with Crippen LogP contribution in [0.4, 0.5) is 4.39 Å². The molecule has 1 aliphatic rings. The first-order chi connectivity index (χ1) is 16.7. The van der Waals surface area contributed by atoms with Gasteiger partial charge in [0.2, 0.25) is 0 Å². The van der Waals surface area contributed by atoms with Crippen LogP contribution in [0, 0.1) is 5.82 Å². The molecule has 0 radical (unpaired) electrons. The minimum absolute atomic E-state index is 0.105. The van der Waals surface area contributed by atoms with Crippen LogP contribution in [0.5, 0.6) is 0 Å². The number of halogens is 1. The van der Waals surface area contributed by atoms with Gasteiger partial charge in [-0.2, -0.15) is 0 Å². The van der Waals surface area contributed by atoms with E-state index < -0.39 is 29.3 Å². The molecular formula is C24H30FN5O5. The molecule has 188 valence electrons. The van der Waals surface area contributed by atoms with Gasteiger partial charge >= 0.3 is 11.8 Å². The minimum Gasteiger partial charge on any atom is -0.380 e. The van der Waals surface area contributed by atoms with Crippen LogP contribution in [0.15, 0.2) is 35.1 Å². The van der Waals surface area contributed by atoms with E-state index in [0.717, 1.165) is 6.07 Å². The highest BCUT2D eigenvalue weighted by molar-refractivity contribution is 6.34. The average Bonchev–Trinajstić information content (AvgIpc) is 3.03. The van der Waals surface area contributed by atoms with Gasteiger partial charge in [0.25, 0.3) is 11.5 Å². The molecule has 2 heterocycles.